The van der Waals surface area contributed by atoms with Crippen LogP contribution in [0.15, 0.2) is 142 Å². The quantitative estimate of drug-likeness (QED) is 0.0464. The largest absolute Gasteiger partial charge is 0.490 e. The van der Waals surface area contributed by atoms with Crippen molar-refractivity contribution in [1.29, 1.82) is 0 Å². The van der Waals surface area contributed by atoms with Gasteiger partial charge in [-0.1, -0.05) is 10.3 Å². The van der Waals surface area contributed by atoms with E-state index in [1.165, 1.54) is 32.7 Å². The van der Waals surface area contributed by atoms with Crippen LogP contribution in [0.25, 0.3) is 43.2 Å². The Morgan fingerprint density at radius 2 is 0.806 bits per heavy atom. The summed E-state index contributed by atoms with van der Waals surface area (Å²) in [7, 11) is 0. The van der Waals surface area contributed by atoms with E-state index in [0.29, 0.717) is 89.1 Å². The van der Waals surface area contributed by atoms with E-state index < -0.39 is 69.0 Å². The van der Waals surface area contributed by atoms with Gasteiger partial charge in [0.2, 0.25) is 0 Å². The second kappa shape index (κ2) is 28.6. The third-order valence-electron chi connectivity index (χ3n) is 16.6. The molecule has 3 aliphatic rings. The fraction of sp³-hybridized carbons (Fsp3) is 0.323. The highest BCUT2D eigenvalue weighted by Crippen LogP contribution is 2.33. The number of aliphatic hydroxyl groups is 1. The Hall–Kier alpha value is -10.1. The molecule has 19 nitrogen and oxygen atoms in total. The Bertz CT molecular complexity index is 4530. The van der Waals surface area contributed by atoms with Crippen molar-refractivity contribution >= 4 is 32.7 Å². The minimum Gasteiger partial charge on any atom is -0.490 e. The maximum absolute atomic E-state index is 14.1. The second-order valence-corrected chi connectivity index (χ2v) is 22.8. The summed E-state index contributed by atoms with van der Waals surface area (Å²) in [6.07, 6.45) is 15.9. The Balaban J connectivity index is 0.000000143. The zero-order chi connectivity index (χ0) is 65.4. The second-order valence-electron chi connectivity index (χ2n) is 22.8. The number of ether oxygens (including phenoxy) is 3. The molecule has 0 aliphatic heterocycles. The molecular weight excluding hydrogens is 1230 g/mol. The Labute approximate surface area is 521 Å². The van der Waals surface area contributed by atoms with Crippen molar-refractivity contribution in [3.8, 4) is 17.2 Å². The molecule has 4 aromatic heterocycles. The van der Waals surface area contributed by atoms with Gasteiger partial charge in [-0.15, -0.1) is 5.10 Å². The molecule has 0 unspecified atom stereocenters. The van der Waals surface area contributed by atoms with E-state index in [4.69, 9.17) is 19.7 Å². The molecule has 93 heavy (non-hydrogen) atoms. The topological polar surface area (TPSA) is 232 Å². The first-order valence-electron chi connectivity index (χ1n) is 29.8. The van der Waals surface area contributed by atoms with Gasteiger partial charge in [0.15, 0.2) is 0 Å². The van der Waals surface area contributed by atoms with Crippen LogP contribution in [0.1, 0.15) is 99.8 Å². The van der Waals surface area contributed by atoms with Crippen molar-refractivity contribution in [2.75, 3.05) is 0 Å². The number of benzene rings is 6. The van der Waals surface area contributed by atoms with Crippen LogP contribution in [0, 0.1) is 52.4 Å². The molecule has 3 fully saturated rings. The summed E-state index contributed by atoms with van der Waals surface area (Å²) < 4.78 is 148. The van der Waals surface area contributed by atoms with Gasteiger partial charge in [-0.25, -0.2) is 44.2 Å². The maximum Gasteiger partial charge on any atom is 0.280 e. The summed E-state index contributed by atoms with van der Waals surface area (Å²) in [6, 6.07) is 18.7. The molecule has 0 atom stereocenters. The van der Waals surface area contributed by atoms with Gasteiger partial charge in [0.05, 0.1) is 108 Å². The molecule has 0 amide bonds. The van der Waals surface area contributed by atoms with E-state index >= 15 is 0 Å². The molecule has 10 aromatic rings. The fourth-order valence-electron chi connectivity index (χ4n) is 11.8. The number of halogens is 9. The van der Waals surface area contributed by atoms with Crippen molar-refractivity contribution in [1.82, 2.24) is 43.6 Å². The maximum atomic E-state index is 14.1. The van der Waals surface area contributed by atoms with Crippen LogP contribution in [0.4, 0.5) is 39.5 Å². The van der Waals surface area contributed by atoms with Crippen LogP contribution in [-0.4, -0.2) is 79.2 Å². The van der Waals surface area contributed by atoms with Crippen LogP contribution < -0.4 is 30.9 Å². The molecule has 3 aliphatic carbocycles. The molecule has 0 spiro atoms. The number of hydrogen-bond donors (Lipinski definition) is 1. The SMILES string of the molecule is O=c1ncn(Cc2c(F)cc(F)cc2F)c2ccc(OC3CCC(O)CC3)cc12.O=c1ncn(Cc2c(F)cc(F)cc2F)c2ccc(OC3CCC(n4ccnn4)CC3)cc12.[N-]=[N+]=NC1CCC(Oc2ccc3c(c2)c(=O)ncn3Cc2c(F)cc(F)cc2F)CC1. The lowest BCUT2D eigenvalue weighted by molar-refractivity contribution is 0.0666. The van der Waals surface area contributed by atoms with E-state index in [9.17, 15) is 59.0 Å². The highest BCUT2D eigenvalue weighted by atomic mass is 19.2. The van der Waals surface area contributed by atoms with Gasteiger partial charge < -0.3 is 33.0 Å². The van der Waals surface area contributed by atoms with Crippen molar-refractivity contribution in [3.05, 3.63) is 233 Å². The molecule has 6 aromatic carbocycles. The average Bonchev–Trinajstić information content (AvgIpc) is 1.12. The molecule has 482 valence electrons. The van der Waals surface area contributed by atoms with Gasteiger partial charge in [-0.05, 0) is 137 Å². The average molecular weight is 1290 g/mol. The number of nitrogens with zero attached hydrogens (tertiary/aromatic N) is 12. The first kappa shape index (κ1) is 64.4. The standard InChI is InChI=1S/C23H20F3N5O2.C21H18F3N5O2.C21H19F3N2O3/c24-14-9-20(25)19(21(26)10-14)12-30-13-27-23(32)18-11-17(5-6-22(18)30)33-16-3-1-15(2-4-16)31-8-7-28-29-31;22-12-7-18(23)17(19(24)8-12)10-29-11-26-21(30)16-9-15(5-6-20(16)29)31-14-3-1-13(2-4-14)27-28-25;22-12-7-18(23)17(19(24)8-12)10-26-11-25-21(28)16-9-15(5-6-20(16)26)29-14-3-1-13(27)2-4-14/h5-11,13,15-16H,1-4,12H2;5-9,11,13-14H,1-4,10H2;5-9,11,13-14,27H,1-4,10H2. The van der Waals surface area contributed by atoms with Crippen LogP contribution in [0.5, 0.6) is 17.2 Å². The molecule has 4 heterocycles. The summed E-state index contributed by atoms with van der Waals surface area (Å²) >= 11 is 0. The molecule has 0 saturated heterocycles. The van der Waals surface area contributed by atoms with Gasteiger partial charge in [-0.3, -0.25) is 14.4 Å². The molecule has 0 radical (unpaired) electrons. The number of aliphatic hydroxyl groups excluding tert-OH is 1. The lowest BCUT2D eigenvalue weighted by Crippen LogP contribution is -2.26. The van der Waals surface area contributed by atoms with Crippen molar-refractivity contribution in [2.45, 2.75) is 133 Å². The van der Waals surface area contributed by atoms with Gasteiger partial charge in [0.1, 0.15) is 69.6 Å². The van der Waals surface area contributed by atoms with Gasteiger partial charge in [0, 0.05) is 70.2 Å². The van der Waals surface area contributed by atoms with E-state index in [0.717, 1.165) is 64.2 Å². The zero-order valence-electron chi connectivity index (χ0n) is 49.3. The summed E-state index contributed by atoms with van der Waals surface area (Å²) in [6.45, 7) is -0.748. The summed E-state index contributed by atoms with van der Waals surface area (Å²) in [4.78, 5) is 51.2. The first-order chi connectivity index (χ1) is 44.8. The highest BCUT2D eigenvalue weighted by Gasteiger charge is 2.27. The molecule has 13 rings (SSSR count). The van der Waals surface area contributed by atoms with Crippen molar-refractivity contribution in [2.24, 2.45) is 5.11 Å². The summed E-state index contributed by atoms with van der Waals surface area (Å²) in [5, 5.41) is 22.0. The van der Waals surface area contributed by atoms with Crippen LogP contribution >= 0.6 is 0 Å². The minimum atomic E-state index is -1.01. The molecule has 28 heteroatoms. The van der Waals surface area contributed by atoms with Crippen molar-refractivity contribution in [3.63, 3.8) is 0 Å². The first-order valence-corrected chi connectivity index (χ1v) is 29.8. The molecule has 1 N–H and O–H groups in total. The molecule has 0 bridgehead atoms. The highest BCUT2D eigenvalue weighted by molar-refractivity contribution is 5.81. The Kier molecular flexibility index (Phi) is 19.8. The van der Waals surface area contributed by atoms with Crippen LogP contribution in [-0.2, 0) is 19.6 Å². The van der Waals surface area contributed by atoms with Crippen LogP contribution in [0.3, 0.4) is 0 Å². The minimum absolute atomic E-state index is 0.00326. The summed E-state index contributed by atoms with van der Waals surface area (Å²) in [5.41, 5.74) is 7.42. The number of rotatable bonds is 14. The van der Waals surface area contributed by atoms with E-state index in [1.54, 1.807) is 60.8 Å². The van der Waals surface area contributed by atoms with Crippen molar-refractivity contribution < 1.29 is 58.8 Å². The van der Waals surface area contributed by atoms with E-state index in [2.05, 4.69) is 35.3 Å². The number of aromatic nitrogens is 9. The Morgan fingerprint density at radius 3 is 1.13 bits per heavy atom. The fourth-order valence-corrected chi connectivity index (χ4v) is 11.8. The van der Waals surface area contributed by atoms with Gasteiger partial charge in [0.25, 0.3) is 16.7 Å². The Morgan fingerprint density at radius 1 is 0.473 bits per heavy atom. The predicted octanol–water partition coefficient (Wildman–Crippen LogP) is 12.4. The summed E-state index contributed by atoms with van der Waals surface area (Å²) in [5.74, 6) is -7.52. The molecule has 3 saturated carbocycles. The number of azide groups is 1. The lowest BCUT2D eigenvalue weighted by atomic mass is 9.93. The smallest absolute Gasteiger partial charge is 0.280 e. The third-order valence-corrected chi connectivity index (χ3v) is 16.6. The van der Waals surface area contributed by atoms with E-state index in [1.807, 2.05) is 10.9 Å². The predicted molar refractivity (Wildman–Crippen MR) is 321 cm³/mol. The normalized spacial score (nSPS) is 18.8. The van der Waals surface area contributed by atoms with Crippen LogP contribution in [0.2, 0.25) is 0 Å². The van der Waals surface area contributed by atoms with Gasteiger partial charge in [-0.2, -0.15) is 15.0 Å². The number of hydrogen-bond acceptors (Lipinski definition) is 13. The number of fused-ring (bicyclic) bond motifs is 3. The molecular formula is C65H57F9N12O7. The third kappa shape index (κ3) is 15.5. The monoisotopic (exact) mass is 1290 g/mol. The lowest BCUT2D eigenvalue weighted by Gasteiger charge is -2.28. The van der Waals surface area contributed by atoms with Gasteiger partial charge >= 0.3 is 0 Å². The zero-order valence-corrected chi connectivity index (χ0v) is 49.3. The van der Waals surface area contributed by atoms with E-state index in [-0.39, 0.29) is 82.9 Å².